The first-order chi connectivity index (χ1) is 15.9. The minimum atomic E-state index is -0.263. The summed E-state index contributed by atoms with van der Waals surface area (Å²) in [6.45, 7) is 7.47. The number of halogens is 1. The molecule has 0 spiro atoms. The predicted octanol–water partition coefficient (Wildman–Crippen LogP) is 6.27. The number of carbonyl (C=O) groups is 1. The Balaban J connectivity index is 1.47. The molecule has 0 aliphatic rings. The molecule has 1 amide bonds. The molecular formula is C27H28ClN3O2. The Kier molecular flexibility index (Phi) is 6.99. The van der Waals surface area contributed by atoms with Crippen LogP contribution in [-0.2, 0) is 6.54 Å². The lowest BCUT2D eigenvalue weighted by molar-refractivity contribution is 0.0937. The SMILES string of the molecule is Cc1ccc(OCCCn2c(C(C)NC(=O)c3ccc(Cl)cc3)nc3ccccc32)cc1C. The molecule has 0 aliphatic heterocycles. The maximum Gasteiger partial charge on any atom is 0.251 e. The van der Waals surface area contributed by atoms with Crippen molar-refractivity contribution in [2.24, 2.45) is 0 Å². The predicted molar refractivity (Wildman–Crippen MR) is 133 cm³/mol. The van der Waals surface area contributed by atoms with Crippen molar-refractivity contribution in [2.75, 3.05) is 6.61 Å². The van der Waals surface area contributed by atoms with Gasteiger partial charge in [-0.1, -0.05) is 29.8 Å². The van der Waals surface area contributed by atoms with E-state index in [-0.39, 0.29) is 11.9 Å². The number of ether oxygens (including phenoxy) is 1. The average Bonchev–Trinajstić information content (AvgIpc) is 3.18. The van der Waals surface area contributed by atoms with Gasteiger partial charge in [-0.25, -0.2) is 4.98 Å². The number of hydrogen-bond donors (Lipinski definition) is 1. The quantitative estimate of drug-likeness (QED) is 0.315. The molecule has 0 saturated heterocycles. The van der Waals surface area contributed by atoms with Crippen molar-refractivity contribution in [1.29, 1.82) is 0 Å². The molecule has 0 radical (unpaired) electrons. The minimum absolute atomic E-state index is 0.157. The van der Waals surface area contributed by atoms with E-state index in [9.17, 15) is 4.79 Å². The van der Waals surface area contributed by atoms with Gasteiger partial charge in [0, 0.05) is 17.1 Å². The van der Waals surface area contributed by atoms with E-state index in [0.717, 1.165) is 35.6 Å². The highest BCUT2D eigenvalue weighted by molar-refractivity contribution is 6.30. The monoisotopic (exact) mass is 461 g/mol. The van der Waals surface area contributed by atoms with Gasteiger partial charge in [0.05, 0.1) is 23.7 Å². The van der Waals surface area contributed by atoms with Gasteiger partial charge in [0.1, 0.15) is 11.6 Å². The minimum Gasteiger partial charge on any atom is -0.494 e. The van der Waals surface area contributed by atoms with Crippen LogP contribution in [0.15, 0.2) is 66.7 Å². The van der Waals surface area contributed by atoms with E-state index < -0.39 is 0 Å². The molecule has 5 nitrogen and oxygen atoms in total. The molecule has 3 aromatic carbocycles. The third kappa shape index (κ3) is 5.37. The van der Waals surface area contributed by atoms with Crippen LogP contribution in [0.3, 0.4) is 0 Å². The van der Waals surface area contributed by atoms with Crippen LogP contribution in [0.4, 0.5) is 0 Å². The van der Waals surface area contributed by atoms with E-state index in [1.807, 2.05) is 31.2 Å². The summed E-state index contributed by atoms with van der Waals surface area (Å²) in [5.41, 5.74) is 5.00. The third-order valence-corrected chi connectivity index (χ3v) is 6.05. The molecule has 33 heavy (non-hydrogen) atoms. The van der Waals surface area contributed by atoms with Crippen molar-refractivity contribution < 1.29 is 9.53 Å². The van der Waals surface area contributed by atoms with Crippen LogP contribution in [0.5, 0.6) is 5.75 Å². The Morgan fingerprint density at radius 1 is 1.06 bits per heavy atom. The first-order valence-electron chi connectivity index (χ1n) is 11.1. The zero-order valence-electron chi connectivity index (χ0n) is 19.1. The van der Waals surface area contributed by atoms with Crippen molar-refractivity contribution in [2.45, 2.75) is 39.8 Å². The zero-order chi connectivity index (χ0) is 23.4. The van der Waals surface area contributed by atoms with Crippen LogP contribution in [0.1, 0.15) is 46.7 Å². The van der Waals surface area contributed by atoms with E-state index in [1.165, 1.54) is 11.1 Å². The van der Waals surface area contributed by atoms with Gasteiger partial charge in [-0.05, 0) is 86.8 Å². The first-order valence-corrected chi connectivity index (χ1v) is 11.5. The van der Waals surface area contributed by atoms with E-state index in [4.69, 9.17) is 21.3 Å². The third-order valence-electron chi connectivity index (χ3n) is 5.80. The molecule has 1 atom stereocenters. The molecule has 1 unspecified atom stereocenters. The van der Waals surface area contributed by atoms with E-state index in [1.54, 1.807) is 24.3 Å². The molecule has 4 rings (SSSR count). The number of benzene rings is 3. The normalized spacial score (nSPS) is 12.0. The molecule has 0 saturated carbocycles. The maximum atomic E-state index is 12.7. The fourth-order valence-electron chi connectivity index (χ4n) is 3.82. The van der Waals surface area contributed by atoms with Crippen LogP contribution in [0.25, 0.3) is 11.0 Å². The molecule has 1 aromatic heterocycles. The summed E-state index contributed by atoms with van der Waals surface area (Å²) in [4.78, 5) is 17.5. The van der Waals surface area contributed by atoms with Crippen LogP contribution < -0.4 is 10.1 Å². The lowest BCUT2D eigenvalue weighted by Crippen LogP contribution is -2.28. The number of nitrogens with zero attached hydrogens (tertiary/aromatic N) is 2. The fraction of sp³-hybridized carbons (Fsp3) is 0.259. The van der Waals surface area contributed by atoms with Gasteiger partial charge in [0.2, 0.25) is 0 Å². The van der Waals surface area contributed by atoms with Crippen LogP contribution >= 0.6 is 11.6 Å². The molecular weight excluding hydrogens is 434 g/mol. The fourth-order valence-corrected chi connectivity index (χ4v) is 3.95. The summed E-state index contributed by atoms with van der Waals surface area (Å²) in [6.07, 6.45) is 0.818. The Morgan fingerprint density at radius 3 is 2.58 bits per heavy atom. The lowest BCUT2D eigenvalue weighted by atomic mass is 10.1. The van der Waals surface area contributed by atoms with Gasteiger partial charge in [0.15, 0.2) is 0 Å². The number of imidazole rings is 1. The molecule has 170 valence electrons. The highest BCUT2D eigenvalue weighted by Crippen LogP contribution is 2.22. The topological polar surface area (TPSA) is 56.1 Å². The summed E-state index contributed by atoms with van der Waals surface area (Å²) >= 11 is 5.94. The van der Waals surface area contributed by atoms with E-state index >= 15 is 0 Å². The van der Waals surface area contributed by atoms with Crippen LogP contribution in [-0.4, -0.2) is 22.1 Å². The molecule has 0 bridgehead atoms. The number of aryl methyl sites for hydroxylation is 3. The summed E-state index contributed by atoms with van der Waals surface area (Å²) < 4.78 is 8.14. The number of rotatable bonds is 8. The van der Waals surface area contributed by atoms with Gasteiger partial charge < -0.3 is 14.6 Å². The largest absolute Gasteiger partial charge is 0.494 e. The molecule has 0 fully saturated rings. The molecule has 1 heterocycles. The highest BCUT2D eigenvalue weighted by atomic mass is 35.5. The van der Waals surface area contributed by atoms with Crippen molar-refractivity contribution in [3.05, 3.63) is 94.3 Å². The van der Waals surface area contributed by atoms with Crippen molar-refractivity contribution >= 4 is 28.5 Å². The second-order valence-electron chi connectivity index (χ2n) is 8.26. The maximum absolute atomic E-state index is 12.7. The summed E-state index contributed by atoms with van der Waals surface area (Å²) in [6, 6.07) is 20.8. The van der Waals surface area contributed by atoms with Gasteiger partial charge >= 0.3 is 0 Å². The highest BCUT2D eigenvalue weighted by Gasteiger charge is 2.19. The zero-order valence-corrected chi connectivity index (χ0v) is 19.9. The molecule has 6 heteroatoms. The molecule has 1 N–H and O–H groups in total. The smallest absolute Gasteiger partial charge is 0.251 e. The Labute approximate surface area is 199 Å². The van der Waals surface area contributed by atoms with Gasteiger partial charge in [0.25, 0.3) is 5.91 Å². The van der Waals surface area contributed by atoms with E-state index in [0.29, 0.717) is 17.2 Å². The van der Waals surface area contributed by atoms with Crippen molar-refractivity contribution in [1.82, 2.24) is 14.9 Å². The average molecular weight is 462 g/mol. The molecule has 0 aliphatic carbocycles. The number of aromatic nitrogens is 2. The number of fused-ring (bicyclic) bond motifs is 1. The standard InChI is InChI=1S/C27H28ClN3O2/c1-18-9-14-23(17-19(18)2)33-16-6-15-31-25-8-5-4-7-24(25)30-26(31)20(3)29-27(32)21-10-12-22(28)13-11-21/h4-5,7-14,17,20H,6,15-16H2,1-3H3,(H,29,32). The summed E-state index contributed by atoms with van der Waals surface area (Å²) in [7, 11) is 0. The second kappa shape index (κ2) is 10.1. The summed E-state index contributed by atoms with van der Waals surface area (Å²) in [5.74, 6) is 1.55. The van der Waals surface area contributed by atoms with Crippen LogP contribution in [0.2, 0.25) is 5.02 Å². The number of hydrogen-bond acceptors (Lipinski definition) is 3. The van der Waals surface area contributed by atoms with E-state index in [2.05, 4.69) is 41.9 Å². The Morgan fingerprint density at radius 2 is 1.82 bits per heavy atom. The first kappa shape index (κ1) is 22.9. The van der Waals surface area contributed by atoms with Crippen molar-refractivity contribution in [3.8, 4) is 5.75 Å². The van der Waals surface area contributed by atoms with Crippen LogP contribution in [0, 0.1) is 13.8 Å². The summed E-state index contributed by atoms with van der Waals surface area (Å²) in [5, 5.41) is 3.67. The van der Waals surface area contributed by atoms with Crippen molar-refractivity contribution in [3.63, 3.8) is 0 Å². The number of nitrogens with one attached hydrogen (secondary N) is 1. The second-order valence-corrected chi connectivity index (χ2v) is 8.70. The van der Waals surface area contributed by atoms with Gasteiger partial charge in [-0.15, -0.1) is 0 Å². The lowest BCUT2D eigenvalue weighted by Gasteiger charge is -2.17. The van der Waals surface area contributed by atoms with Gasteiger partial charge in [-0.3, -0.25) is 4.79 Å². The number of carbonyl (C=O) groups excluding carboxylic acids is 1. The Hall–Kier alpha value is -3.31. The number of para-hydroxylation sites is 2. The number of amides is 1. The Bertz CT molecular complexity index is 1260. The molecule has 4 aromatic rings. The van der Waals surface area contributed by atoms with Gasteiger partial charge in [-0.2, -0.15) is 0 Å².